The first-order valence-corrected chi connectivity index (χ1v) is 30.6. The second kappa shape index (κ2) is 34.8. The van der Waals surface area contributed by atoms with Gasteiger partial charge in [-0.3, -0.25) is 46.5 Å². The topological polar surface area (TPSA) is 249 Å². The van der Waals surface area contributed by atoms with E-state index in [1.54, 1.807) is 6.08 Å². The first-order chi connectivity index (χ1) is 37.0. The van der Waals surface area contributed by atoms with Crippen LogP contribution in [0.15, 0.2) is 25.3 Å². The fourth-order valence-electron chi connectivity index (χ4n) is 9.73. The largest absolute Gasteiger partial charge is 0.762 e. The molecule has 4 heterocycles. The average molecular weight is 1160 g/mol. The third-order valence-corrected chi connectivity index (χ3v) is 14.1. The molecule has 6 rings (SSSR count). The van der Waals surface area contributed by atoms with Gasteiger partial charge in [-0.2, -0.15) is 0 Å². The van der Waals surface area contributed by atoms with Crippen molar-refractivity contribution >= 4 is 57.4 Å². The summed E-state index contributed by atoms with van der Waals surface area (Å²) < 4.78 is 109. The molecule has 2 saturated carbocycles. The van der Waals surface area contributed by atoms with Crippen molar-refractivity contribution in [3.05, 3.63) is 25.3 Å². The van der Waals surface area contributed by atoms with E-state index in [2.05, 4.69) is 32.8 Å². The van der Waals surface area contributed by atoms with Crippen molar-refractivity contribution in [3.8, 4) is 0 Å². The summed E-state index contributed by atoms with van der Waals surface area (Å²) in [7, 11) is -4.44. The molecule has 2 aliphatic carbocycles. The molecule has 6 aliphatic rings. The van der Waals surface area contributed by atoms with Crippen LogP contribution in [0.2, 0.25) is 25.7 Å². The average Bonchev–Trinajstić information content (AvgIpc) is 3.92. The quantitative estimate of drug-likeness (QED) is 0.0583. The summed E-state index contributed by atoms with van der Waals surface area (Å²) in [5.74, 6) is -5.68. The lowest BCUT2D eigenvalue weighted by molar-refractivity contribution is -0.289. The van der Waals surface area contributed by atoms with Crippen LogP contribution in [0, 0.1) is 0 Å². The molecule has 2 unspecified atom stereocenters. The number of rotatable bonds is 17. The molecule has 4 aliphatic heterocycles. The smallest absolute Gasteiger partial charge is 0.462 e. The van der Waals surface area contributed by atoms with Crippen LogP contribution in [-0.2, 0) is 99.9 Å². The molecule has 26 heteroatoms. The van der Waals surface area contributed by atoms with Crippen LogP contribution < -0.4 is 0 Å². The van der Waals surface area contributed by atoms with Crippen molar-refractivity contribution in [1.82, 2.24) is 0 Å². The highest BCUT2D eigenvalue weighted by Crippen LogP contribution is 2.48. The van der Waals surface area contributed by atoms with E-state index in [4.69, 9.17) is 66.3 Å². The number of halogens is 3. The van der Waals surface area contributed by atoms with Gasteiger partial charge in [0.25, 0.3) is 0 Å². The molecule has 0 bridgehead atoms. The highest BCUT2D eigenvalue weighted by Gasteiger charge is 2.63. The number of ether oxygens (including phenoxy) is 14. The second-order valence-corrected chi connectivity index (χ2v) is 26.2. The molecule has 0 N–H and O–H groups in total. The van der Waals surface area contributed by atoms with Crippen LogP contribution in [0.4, 0.5) is 12.9 Å². The normalized spacial score (nSPS) is 27.5. The van der Waals surface area contributed by atoms with E-state index in [1.165, 1.54) is 54.5 Å². The van der Waals surface area contributed by atoms with E-state index in [-0.39, 0.29) is 13.2 Å². The van der Waals surface area contributed by atoms with Gasteiger partial charge in [0.2, 0.25) is 6.29 Å². The van der Waals surface area contributed by atoms with Gasteiger partial charge >= 0.3 is 49.3 Å². The number of esters is 7. The summed E-state index contributed by atoms with van der Waals surface area (Å²) in [6, 6.07) is 1.24. The van der Waals surface area contributed by atoms with Crippen LogP contribution >= 0.6 is 0 Å². The van der Waals surface area contributed by atoms with Gasteiger partial charge in [0.15, 0.2) is 36.0 Å². The van der Waals surface area contributed by atoms with Crippen molar-refractivity contribution in [1.29, 1.82) is 0 Å². The Morgan fingerprint density at radius 2 is 0.937 bits per heavy atom. The predicted molar refractivity (Wildman–Crippen MR) is 280 cm³/mol. The van der Waals surface area contributed by atoms with Gasteiger partial charge in [-0.05, 0) is 52.0 Å². The van der Waals surface area contributed by atoms with Crippen LogP contribution in [0.3, 0.4) is 0 Å². The summed E-state index contributed by atoms with van der Waals surface area (Å²) in [6.07, 6.45) is 2.16. The number of hydrogen-bond acceptors (Lipinski definition) is 21. The van der Waals surface area contributed by atoms with Crippen molar-refractivity contribution in [2.45, 2.75) is 244 Å². The Labute approximate surface area is 464 Å². The second-order valence-electron chi connectivity index (χ2n) is 20.6. The Morgan fingerprint density at radius 1 is 0.557 bits per heavy atom. The minimum atomic E-state index is -3.67. The maximum atomic E-state index is 11.8. The van der Waals surface area contributed by atoms with Gasteiger partial charge in [-0.15, -0.1) is 13.2 Å². The summed E-state index contributed by atoms with van der Waals surface area (Å²) in [5.41, 5.74) is 0. The van der Waals surface area contributed by atoms with Crippen LogP contribution in [0.1, 0.15) is 133 Å². The lowest BCUT2D eigenvalue weighted by atomic mass is 9.90. The van der Waals surface area contributed by atoms with E-state index in [0.717, 1.165) is 51.7 Å². The first-order valence-electron chi connectivity index (χ1n) is 26.9. The lowest BCUT2D eigenvalue weighted by Gasteiger charge is -2.43. The van der Waals surface area contributed by atoms with Crippen molar-refractivity contribution in [2.75, 3.05) is 26.4 Å². The van der Waals surface area contributed by atoms with E-state index >= 15 is 0 Å². The van der Waals surface area contributed by atoms with Crippen molar-refractivity contribution in [2.24, 2.45) is 0 Å². The summed E-state index contributed by atoms with van der Waals surface area (Å²) in [5, 5.41) is 0. The zero-order chi connectivity index (χ0) is 59.7. The Bertz CT molecular complexity index is 1930. The molecular weight excluding hydrogens is 1070 g/mol. The van der Waals surface area contributed by atoms with Crippen LogP contribution in [0.25, 0.3) is 0 Å². The molecule has 2 spiro atoms. The molecule has 4 saturated heterocycles. The molecular formula is C53H86BF3O21Si. The minimum Gasteiger partial charge on any atom is -0.462 e. The molecule has 0 aromatic carbocycles. The van der Waals surface area contributed by atoms with E-state index < -0.39 is 142 Å². The summed E-state index contributed by atoms with van der Waals surface area (Å²) >= 11 is 0. The van der Waals surface area contributed by atoms with Crippen LogP contribution in [-0.4, -0.2) is 169 Å². The maximum absolute atomic E-state index is 11.8. The Hall–Kier alpha value is -4.44. The number of hydrogen-bond donors (Lipinski definition) is 0. The highest BCUT2D eigenvalue weighted by atomic mass is 28.3. The molecule has 6 fully saturated rings. The molecule has 12 atom stereocenters. The first kappa shape index (κ1) is 70.7. The van der Waals surface area contributed by atoms with Gasteiger partial charge in [0, 0.05) is 95.4 Å². The van der Waals surface area contributed by atoms with Crippen molar-refractivity contribution in [3.63, 3.8) is 0 Å². The van der Waals surface area contributed by atoms with Gasteiger partial charge in [-0.25, -0.2) is 0 Å². The number of carbonyl (C=O) groups is 7. The molecule has 0 aromatic rings. The zero-order valence-corrected chi connectivity index (χ0v) is 49.1. The minimum absolute atomic E-state index is 0.182. The molecule has 0 amide bonds. The number of carbonyl (C=O) groups excluding carboxylic acids is 7. The molecule has 79 heavy (non-hydrogen) atoms. The Morgan fingerprint density at radius 3 is 1.25 bits per heavy atom. The fourth-order valence-corrected chi connectivity index (χ4v) is 10.6. The third-order valence-electron chi connectivity index (χ3n) is 12.6. The summed E-state index contributed by atoms with van der Waals surface area (Å²) in [4.78, 5) is 81.7. The maximum Gasteiger partial charge on any atom is 0.762 e. The number of fused-ring (bicyclic) bond motifs is 2. The molecule has 0 radical (unpaired) electrons. The van der Waals surface area contributed by atoms with Gasteiger partial charge in [0.05, 0.1) is 0 Å². The van der Waals surface area contributed by atoms with E-state index in [0.29, 0.717) is 32.1 Å². The molecule has 452 valence electrons. The Kier molecular flexibility index (Phi) is 31.1. The monoisotopic (exact) mass is 1150 g/mol. The molecule has 0 aromatic heterocycles. The van der Waals surface area contributed by atoms with E-state index in [9.17, 15) is 46.5 Å². The van der Waals surface area contributed by atoms with Crippen LogP contribution in [0.5, 0.6) is 0 Å². The predicted octanol–water partition coefficient (Wildman–Crippen LogP) is 7.78. The van der Waals surface area contributed by atoms with Gasteiger partial charge < -0.3 is 66.3 Å². The zero-order valence-electron chi connectivity index (χ0n) is 48.1. The highest BCUT2D eigenvalue weighted by molar-refractivity contribution is 6.76. The Balaban J connectivity index is 0.000000424. The number of allylic oxidation sites excluding steroid dienone is 1. The fraction of sp³-hybridized carbons (Fsp3) is 0.792. The lowest BCUT2D eigenvalue weighted by Crippen LogP contribution is -2.62. The standard InChI is InChI=1S/C22H32O9.C21H30O11.C6H14Si.C4H10O.BF3/c1-5-9-16-18(28-15(4)25)20-21(31-22(30-20)10-7-6-8-11-22)19(29-16)17(27-14(3)24)12-26-13(2)23;1-11(22)26-10-15(27-12(2)23)16-17-18(32-21(31-17)8-6-5-7-9-21)19(28-13(3)24)20(30-16)29-14(4)25;1-5-6-7(2,3)4;1-3-5-4-2;2-1(3)4/h5,16-21H,1,6-12H2,2-4H3;15-20H,5-10H2,1-4H3;5H,1,6H2,2-4H3;3-4H2,1-2H3;/t16-,17+,18-,19-,20-,21?;15-,16+,17?,18-,19-,20-;;;/m01.../s1. The van der Waals surface area contributed by atoms with Crippen molar-refractivity contribution < 1.29 is 113 Å². The molecule has 21 nitrogen and oxygen atoms in total. The van der Waals surface area contributed by atoms with Gasteiger partial charge in [0.1, 0.15) is 55.9 Å². The SMILES string of the molecule is C=CC[C@@H]1O[C@@H]([C@@H](COC(C)=O)OC(C)=O)C2OC3(CCCCC3)O[C@H]2[C@H]1OC(C)=O.C=CC[Si](C)(C)C.CC(=O)OC[C@@H](OC(C)=O)[C@@H]1O[C@@H](OC(C)=O)[C@H](OC(C)=O)[C@@H]2OC3(CCCCC3)OC21.CCOCC.FB(F)F. The van der Waals surface area contributed by atoms with Gasteiger partial charge in [-0.1, -0.05) is 44.6 Å². The summed E-state index contributed by atoms with van der Waals surface area (Å²) in [6.45, 7) is 28.4. The van der Waals surface area contributed by atoms with E-state index in [1.807, 2.05) is 19.9 Å². The third kappa shape index (κ3) is 25.1.